The van der Waals surface area contributed by atoms with E-state index in [2.05, 4.69) is 35.8 Å². The van der Waals surface area contributed by atoms with E-state index in [0.717, 1.165) is 38.3 Å². The van der Waals surface area contributed by atoms with Crippen molar-refractivity contribution >= 4 is 17.7 Å². The molecule has 4 nitrogen and oxygen atoms in total. The Kier molecular flexibility index (Phi) is 6.19. The Hall–Kier alpha value is -1.04. The van der Waals surface area contributed by atoms with E-state index in [-0.39, 0.29) is 5.91 Å². The lowest BCUT2D eigenvalue weighted by molar-refractivity contribution is 0.0595. The average molecular weight is 348 g/mol. The number of benzene rings is 1. The van der Waals surface area contributed by atoms with Crippen molar-refractivity contribution in [2.75, 3.05) is 50.8 Å². The van der Waals surface area contributed by atoms with Crippen molar-refractivity contribution in [3.63, 3.8) is 0 Å². The summed E-state index contributed by atoms with van der Waals surface area (Å²) in [6, 6.07) is 8.82. The van der Waals surface area contributed by atoms with Gasteiger partial charge in [-0.15, -0.1) is 0 Å². The maximum Gasteiger partial charge on any atom is 0.253 e. The summed E-state index contributed by atoms with van der Waals surface area (Å²) >= 11 is 2.04. The highest BCUT2D eigenvalue weighted by molar-refractivity contribution is 7.99. The first-order valence-corrected chi connectivity index (χ1v) is 10.2. The molecule has 1 aromatic carbocycles. The number of thioether (sulfide) groups is 1. The van der Waals surface area contributed by atoms with Gasteiger partial charge in [-0.05, 0) is 31.5 Å². The normalized spacial score (nSPS) is 20.5. The van der Waals surface area contributed by atoms with Crippen molar-refractivity contribution in [1.82, 2.24) is 14.7 Å². The predicted octanol–water partition coefficient (Wildman–Crippen LogP) is 2.40. The maximum atomic E-state index is 12.7. The molecule has 0 atom stereocenters. The molecule has 2 saturated heterocycles. The molecule has 0 spiro atoms. The van der Waals surface area contributed by atoms with E-state index < -0.39 is 0 Å². The van der Waals surface area contributed by atoms with E-state index in [1.165, 1.54) is 30.2 Å². The minimum absolute atomic E-state index is 0.180. The number of nitrogens with zero attached hydrogens (tertiary/aromatic N) is 3. The molecule has 3 rings (SSSR count). The molecular formula is C19H29N3OS. The van der Waals surface area contributed by atoms with Gasteiger partial charge < -0.3 is 4.90 Å². The van der Waals surface area contributed by atoms with Gasteiger partial charge in [0.05, 0.1) is 0 Å². The fraction of sp³-hybridized carbons (Fsp3) is 0.632. The van der Waals surface area contributed by atoms with Crippen molar-refractivity contribution < 1.29 is 4.79 Å². The molecular weight excluding hydrogens is 318 g/mol. The molecule has 24 heavy (non-hydrogen) atoms. The van der Waals surface area contributed by atoms with Crippen LogP contribution in [0.5, 0.6) is 0 Å². The van der Waals surface area contributed by atoms with Crippen molar-refractivity contribution in [2.45, 2.75) is 26.4 Å². The van der Waals surface area contributed by atoms with Crippen molar-refractivity contribution in [1.29, 1.82) is 0 Å². The summed E-state index contributed by atoms with van der Waals surface area (Å²) in [5.74, 6) is 2.65. The van der Waals surface area contributed by atoms with Gasteiger partial charge in [-0.2, -0.15) is 11.8 Å². The summed E-state index contributed by atoms with van der Waals surface area (Å²) in [6.45, 7) is 11.4. The van der Waals surface area contributed by atoms with Gasteiger partial charge in [-0.1, -0.05) is 12.1 Å². The van der Waals surface area contributed by atoms with E-state index in [1.807, 2.05) is 28.8 Å². The Balaban J connectivity index is 1.54. The molecule has 0 N–H and O–H groups in total. The number of amides is 1. The van der Waals surface area contributed by atoms with E-state index in [9.17, 15) is 4.79 Å². The van der Waals surface area contributed by atoms with E-state index in [0.29, 0.717) is 6.04 Å². The van der Waals surface area contributed by atoms with Crippen LogP contribution in [0.25, 0.3) is 0 Å². The third-order valence-corrected chi connectivity index (χ3v) is 5.99. The number of rotatable bonds is 4. The largest absolute Gasteiger partial charge is 0.336 e. The second-order valence-electron chi connectivity index (χ2n) is 7.01. The minimum atomic E-state index is 0.180. The molecule has 0 radical (unpaired) electrons. The molecule has 5 heteroatoms. The molecule has 0 unspecified atom stereocenters. The molecule has 0 bridgehead atoms. The molecule has 1 aromatic rings. The Morgan fingerprint density at radius 2 is 1.62 bits per heavy atom. The Bertz CT molecular complexity index is 532. The monoisotopic (exact) mass is 347 g/mol. The van der Waals surface area contributed by atoms with Crippen LogP contribution in [0, 0.1) is 0 Å². The van der Waals surface area contributed by atoms with Crippen LogP contribution in [0.1, 0.15) is 29.8 Å². The lowest BCUT2D eigenvalue weighted by Gasteiger charge is -2.37. The second kappa shape index (κ2) is 8.37. The third-order valence-electron chi connectivity index (χ3n) is 5.04. The number of hydrogen-bond donors (Lipinski definition) is 0. The third kappa shape index (κ3) is 4.52. The van der Waals surface area contributed by atoms with Gasteiger partial charge in [0.1, 0.15) is 0 Å². The van der Waals surface area contributed by atoms with E-state index in [4.69, 9.17) is 0 Å². The van der Waals surface area contributed by atoms with E-state index in [1.54, 1.807) is 0 Å². The van der Waals surface area contributed by atoms with Crippen molar-refractivity contribution in [2.24, 2.45) is 0 Å². The molecule has 2 aliphatic rings. The highest BCUT2D eigenvalue weighted by Gasteiger charge is 2.23. The number of hydrogen-bond acceptors (Lipinski definition) is 4. The first-order chi connectivity index (χ1) is 11.6. The van der Waals surface area contributed by atoms with Gasteiger partial charge in [-0.3, -0.25) is 14.6 Å². The SMILES string of the molecule is CC(C)N1CCN(C(=O)c2ccc(CN3CCSCC3)cc2)CC1. The summed E-state index contributed by atoms with van der Waals surface area (Å²) in [4.78, 5) is 19.6. The van der Waals surface area contributed by atoms with Gasteiger partial charge in [-0.25, -0.2) is 0 Å². The van der Waals surface area contributed by atoms with Gasteiger partial charge in [0, 0.05) is 68.9 Å². The Morgan fingerprint density at radius 1 is 1.00 bits per heavy atom. The number of carbonyl (C=O) groups excluding carboxylic acids is 1. The zero-order valence-corrected chi connectivity index (χ0v) is 15.7. The fourth-order valence-corrected chi connectivity index (χ4v) is 4.37. The standard InChI is InChI=1S/C19H29N3OS/c1-16(2)21-7-9-22(10-8-21)19(23)18-5-3-17(4-6-18)15-20-11-13-24-14-12-20/h3-6,16H,7-15H2,1-2H3. The predicted molar refractivity (Wildman–Crippen MR) is 102 cm³/mol. The lowest BCUT2D eigenvalue weighted by atomic mass is 10.1. The first kappa shape index (κ1) is 17.8. The van der Waals surface area contributed by atoms with Gasteiger partial charge in [0.25, 0.3) is 5.91 Å². The summed E-state index contributed by atoms with van der Waals surface area (Å²) in [5.41, 5.74) is 2.13. The van der Waals surface area contributed by atoms with Crippen LogP contribution >= 0.6 is 11.8 Å². The van der Waals surface area contributed by atoms with Gasteiger partial charge >= 0.3 is 0 Å². The highest BCUT2D eigenvalue weighted by Crippen LogP contribution is 2.15. The summed E-state index contributed by atoms with van der Waals surface area (Å²) in [7, 11) is 0. The summed E-state index contributed by atoms with van der Waals surface area (Å²) < 4.78 is 0. The van der Waals surface area contributed by atoms with Crippen LogP contribution in [-0.2, 0) is 6.54 Å². The van der Waals surface area contributed by atoms with Crippen LogP contribution in [0.3, 0.4) is 0 Å². The minimum Gasteiger partial charge on any atom is -0.336 e. The molecule has 0 aliphatic carbocycles. The average Bonchev–Trinajstić information content (AvgIpc) is 2.63. The molecule has 1 amide bonds. The molecule has 0 aromatic heterocycles. The molecule has 0 saturated carbocycles. The van der Waals surface area contributed by atoms with Crippen molar-refractivity contribution in [3.8, 4) is 0 Å². The topological polar surface area (TPSA) is 26.8 Å². The number of carbonyl (C=O) groups is 1. The first-order valence-electron chi connectivity index (χ1n) is 9.06. The van der Waals surface area contributed by atoms with Crippen LogP contribution in [0.2, 0.25) is 0 Å². The smallest absolute Gasteiger partial charge is 0.253 e. The molecule has 2 aliphatic heterocycles. The van der Waals surface area contributed by atoms with E-state index >= 15 is 0 Å². The Morgan fingerprint density at radius 3 is 2.21 bits per heavy atom. The molecule has 2 heterocycles. The summed E-state index contributed by atoms with van der Waals surface area (Å²) in [6.07, 6.45) is 0. The quantitative estimate of drug-likeness (QED) is 0.836. The van der Waals surface area contributed by atoms with Crippen LogP contribution in [0.15, 0.2) is 24.3 Å². The van der Waals surface area contributed by atoms with Crippen LogP contribution < -0.4 is 0 Å². The lowest BCUT2D eigenvalue weighted by Crippen LogP contribution is -2.50. The zero-order chi connectivity index (χ0) is 16.9. The van der Waals surface area contributed by atoms with Crippen LogP contribution in [0.4, 0.5) is 0 Å². The second-order valence-corrected chi connectivity index (χ2v) is 8.23. The van der Waals surface area contributed by atoms with Crippen LogP contribution in [-0.4, -0.2) is 77.4 Å². The fourth-order valence-electron chi connectivity index (χ4n) is 3.39. The van der Waals surface area contributed by atoms with Gasteiger partial charge in [0.2, 0.25) is 0 Å². The molecule has 2 fully saturated rings. The Labute approximate surface area is 150 Å². The summed E-state index contributed by atoms with van der Waals surface area (Å²) in [5, 5.41) is 0. The molecule has 132 valence electrons. The number of piperazine rings is 1. The highest BCUT2D eigenvalue weighted by atomic mass is 32.2. The maximum absolute atomic E-state index is 12.7. The van der Waals surface area contributed by atoms with Gasteiger partial charge in [0.15, 0.2) is 0 Å². The van der Waals surface area contributed by atoms with Crippen molar-refractivity contribution in [3.05, 3.63) is 35.4 Å². The zero-order valence-electron chi connectivity index (χ0n) is 14.9.